The SMILES string of the molecule is COc1ccc(-c2ncsc2C)cc1[N+](=O)[O-]. The second-order valence-corrected chi connectivity index (χ2v) is 4.46. The molecule has 0 amide bonds. The van der Waals surface area contributed by atoms with E-state index in [4.69, 9.17) is 4.74 Å². The molecule has 0 fully saturated rings. The maximum atomic E-state index is 10.9. The van der Waals surface area contributed by atoms with Crippen molar-refractivity contribution in [2.45, 2.75) is 6.92 Å². The zero-order valence-corrected chi connectivity index (χ0v) is 10.2. The molecule has 0 unspecified atom stereocenters. The fraction of sp³-hybridized carbons (Fsp3) is 0.182. The monoisotopic (exact) mass is 250 g/mol. The summed E-state index contributed by atoms with van der Waals surface area (Å²) in [6.45, 7) is 1.93. The van der Waals surface area contributed by atoms with Crippen LogP contribution in [-0.2, 0) is 0 Å². The molecule has 1 heterocycles. The van der Waals surface area contributed by atoms with Crippen LogP contribution in [0, 0.1) is 17.0 Å². The lowest BCUT2D eigenvalue weighted by atomic mass is 10.1. The number of rotatable bonds is 3. The Morgan fingerprint density at radius 1 is 1.47 bits per heavy atom. The molecule has 2 rings (SSSR count). The van der Waals surface area contributed by atoms with Crippen LogP contribution in [0.5, 0.6) is 5.75 Å². The van der Waals surface area contributed by atoms with Crippen molar-refractivity contribution in [3.8, 4) is 17.0 Å². The Hall–Kier alpha value is -1.95. The highest BCUT2D eigenvalue weighted by Crippen LogP contribution is 2.33. The smallest absolute Gasteiger partial charge is 0.311 e. The molecule has 0 N–H and O–H groups in total. The molecule has 0 saturated heterocycles. The van der Waals surface area contributed by atoms with E-state index >= 15 is 0 Å². The van der Waals surface area contributed by atoms with Crippen LogP contribution in [0.25, 0.3) is 11.3 Å². The predicted octanol–water partition coefficient (Wildman–Crippen LogP) is 3.04. The number of aryl methyl sites for hydroxylation is 1. The van der Waals surface area contributed by atoms with Crippen molar-refractivity contribution in [2.24, 2.45) is 0 Å². The maximum Gasteiger partial charge on any atom is 0.311 e. The van der Waals surface area contributed by atoms with Crippen LogP contribution >= 0.6 is 11.3 Å². The average Bonchev–Trinajstić information content (AvgIpc) is 2.74. The van der Waals surface area contributed by atoms with Crippen molar-refractivity contribution in [2.75, 3.05) is 7.11 Å². The van der Waals surface area contributed by atoms with Gasteiger partial charge in [0.05, 0.1) is 23.2 Å². The van der Waals surface area contributed by atoms with Crippen LogP contribution < -0.4 is 4.74 Å². The van der Waals surface area contributed by atoms with E-state index in [0.29, 0.717) is 0 Å². The number of nitro benzene ring substituents is 1. The van der Waals surface area contributed by atoms with Gasteiger partial charge in [-0.05, 0) is 19.1 Å². The molecule has 17 heavy (non-hydrogen) atoms. The van der Waals surface area contributed by atoms with Crippen molar-refractivity contribution in [1.29, 1.82) is 0 Å². The topological polar surface area (TPSA) is 65.3 Å². The van der Waals surface area contributed by atoms with Crippen molar-refractivity contribution < 1.29 is 9.66 Å². The van der Waals surface area contributed by atoms with E-state index in [9.17, 15) is 10.1 Å². The predicted molar refractivity (Wildman–Crippen MR) is 65.5 cm³/mol. The van der Waals surface area contributed by atoms with E-state index in [0.717, 1.165) is 16.1 Å². The Morgan fingerprint density at radius 3 is 2.76 bits per heavy atom. The van der Waals surface area contributed by atoms with Gasteiger partial charge in [0.15, 0.2) is 5.75 Å². The number of nitrogens with zero attached hydrogens (tertiary/aromatic N) is 2. The summed E-state index contributed by atoms with van der Waals surface area (Å²) < 4.78 is 4.95. The van der Waals surface area contributed by atoms with E-state index in [-0.39, 0.29) is 11.4 Å². The second kappa shape index (κ2) is 4.50. The van der Waals surface area contributed by atoms with Crippen molar-refractivity contribution in [3.05, 3.63) is 38.7 Å². The minimum absolute atomic E-state index is 0.0441. The highest BCUT2D eigenvalue weighted by molar-refractivity contribution is 7.10. The first kappa shape index (κ1) is 11.5. The van der Waals surface area contributed by atoms with E-state index in [2.05, 4.69) is 4.98 Å². The van der Waals surface area contributed by atoms with Crippen LogP contribution in [0.4, 0.5) is 5.69 Å². The third kappa shape index (κ3) is 2.12. The fourth-order valence-electron chi connectivity index (χ4n) is 1.56. The molecule has 1 aromatic carbocycles. The van der Waals surface area contributed by atoms with Gasteiger partial charge in [-0.1, -0.05) is 0 Å². The molecule has 6 heteroatoms. The third-order valence-corrected chi connectivity index (χ3v) is 3.15. The molecule has 0 aliphatic carbocycles. The standard InChI is InChI=1S/C11H10N2O3S/c1-7-11(12-6-17-7)8-3-4-10(16-2)9(5-8)13(14)15/h3-6H,1-2H3. The fourth-order valence-corrected chi connectivity index (χ4v) is 2.16. The van der Waals surface area contributed by atoms with Crippen LogP contribution in [0.2, 0.25) is 0 Å². The maximum absolute atomic E-state index is 10.9. The summed E-state index contributed by atoms with van der Waals surface area (Å²) in [6, 6.07) is 4.85. The summed E-state index contributed by atoms with van der Waals surface area (Å²) in [5, 5.41) is 10.9. The van der Waals surface area contributed by atoms with Crippen LogP contribution in [0.3, 0.4) is 0 Å². The van der Waals surface area contributed by atoms with Crippen molar-refractivity contribution >= 4 is 17.0 Å². The molecule has 0 atom stereocenters. The molecule has 0 saturated carbocycles. The molecule has 88 valence electrons. The van der Waals surface area contributed by atoms with Gasteiger partial charge < -0.3 is 4.74 Å². The molecule has 5 nitrogen and oxygen atoms in total. The molecule has 0 spiro atoms. The highest BCUT2D eigenvalue weighted by atomic mass is 32.1. The van der Waals surface area contributed by atoms with Gasteiger partial charge in [0.2, 0.25) is 0 Å². The first-order chi connectivity index (χ1) is 8.13. The first-order valence-corrected chi connectivity index (χ1v) is 5.74. The van der Waals surface area contributed by atoms with Gasteiger partial charge in [-0.25, -0.2) is 4.98 Å². The number of hydrogen-bond acceptors (Lipinski definition) is 5. The average molecular weight is 250 g/mol. The zero-order chi connectivity index (χ0) is 12.4. The highest BCUT2D eigenvalue weighted by Gasteiger charge is 2.17. The number of methoxy groups -OCH3 is 1. The molecule has 1 aromatic heterocycles. The van der Waals surface area contributed by atoms with E-state index in [1.807, 2.05) is 6.92 Å². The second-order valence-electron chi connectivity index (χ2n) is 3.40. The largest absolute Gasteiger partial charge is 0.490 e. The molecule has 0 aliphatic heterocycles. The lowest BCUT2D eigenvalue weighted by molar-refractivity contribution is -0.385. The number of ether oxygens (including phenoxy) is 1. The summed E-state index contributed by atoms with van der Waals surface area (Å²) >= 11 is 1.51. The van der Waals surface area contributed by atoms with E-state index in [1.54, 1.807) is 17.6 Å². The Balaban J connectivity index is 2.55. The molecule has 0 aliphatic rings. The van der Waals surface area contributed by atoms with Gasteiger partial charge in [0.1, 0.15) is 0 Å². The summed E-state index contributed by atoms with van der Waals surface area (Å²) in [5.41, 5.74) is 3.19. The Kier molecular flexibility index (Phi) is 3.06. The van der Waals surface area contributed by atoms with Crippen LogP contribution in [0.1, 0.15) is 4.88 Å². The Morgan fingerprint density at radius 2 is 2.24 bits per heavy atom. The number of thiazole rings is 1. The van der Waals surface area contributed by atoms with Crippen molar-refractivity contribution in [1.82, 2.24) is 4.98 Å². The zero-order valence-electron chi connectivity index (χ0n) is 9.34. The van der Waals surface area contributed by atoms with Gasteiger partial charge in [0.25, 0.3) is 0 Å². The minimum atomic E-state index is -0.454. The quantitative estimate of drug-likeness (QED) is 0.620. The summed E-state index contributed by atoms with van der Waals surface area (Å²) in [5.74, 6) is 0.256. The van der Waals surface area contributed by atoms with Gasteiger partial charge in [0, 0.05) is 16.5 Å². The van der Waals surface area contributed by atoms with E-state index < -0.39 is 4.92 Å². The Labute approximate surface area is 102 Å². The lowest BCUT2D eigenvalue weighted by Gasteiger charge is -2.03. The number of aromatic nitrogens is 1. The molecule has 2 aromatic rings. The van der Waals surface area contributed by atoms with Crippen LogP contribution in [0.15, 0.2) is 23.7 Å². The summed E-state index contributed by atoms with van der Waals surface area (Å²) in [7, 11) is 1.41. The molecule has 0 radical (unpaired) electrons. The minimum Gasteiger partial charge on any atom is -0.490 e. The third-order valence-electron chi connectivity index (χ3n) is 2.39. The number of hydrogen-bond donors (Lipinski definition) is 0. The molecular weight excluding hydrogens is 240 g/mol. The van der Waals surface area contributed by atoms with Gasteiger partial charge >= 0.3 is 5.69 Å². The number of benzene rings is 1. The van der Waals surface area contributed by atoms with Gasteiger partial charge in [-0.3, -0.25) is 10.1 Å². The van der Waals surface area contributed by atoms with Gasteiger partial charge in [-0.15, -0.1) is 11.3 Å². The lowest BCUT2D eigenvalue weighted by Crippen LogP contribution is -1.94. The molecular formula is C11H10N2O3S. The van der Waals surface area contributed by atoms with Crippen molar-refractivity contribution in [3.63, 3.8) is 0 Å². The Bertz CT molecular complexity index is 566. The normalized spacial score (nSPS) is 10.2. The number of nitro groups is 1. The summed E-state index contributed by atoms with van der Waals surface area (Å²) in [4.78, 5) is 15.7. The van der Waals surface area contributed by atoms with Crippen LogP contribution in [-0.4, -0.2) is 17.0 Å². The van der Waals surface area contributed by atoms with E-state index in [1.165, 1.54) is 24.5 Å². The molecule has 0 bridgehead atoms. The first-order valence-electron chi connectivity index (χ1n) is 4.86. The van der Waals surface area contributed by atoms with Gasteiger partial charge in [-0.2, -0.15) is 0 Å². The summed E-state index contributed by atoms with van der Waals surface area (Å²) in [6.07, 6.45) is 0.